The van der Waals surface area contributed by atoms with Crippen molar-refractivity contribution in [3.05, 3.63) is 0 Å². The third kappa shape index (κ3) is 2.17. The van der Waals surface area contributed by atoms with E-state index < -0.39 is 12.5 Å². The van der Waals surface area contributed by atoms with Gasteiger partial charge < -0.3 is 14.2 Å². The van der Waals surface area contributed by atoms with Crippen LogP contribution < -0.4 is 0 Å². The van der Waals surface area contributed by atoms with Gasteiger partial charge in [-0.25, -0.2) is 0 Å². The highest BCUT2D eigenvalue weighted by Crippen LogP contribution is 2.39. The molecule has 2 rings (SSSR count). The smallest absolute Gasteiger partial charge is 0.177 e. The van der Waals surface area contributed by atoms with Gasteiger partial charge in [0.2, 0.25) is 0 Å². The summed E-state index contributed by atoms with van der Waals surface area (Å²) in [6, 6.07) is 0. The molecule has 0 aliphatic carbocycles. The lowest BCUT2D eigenvalue weighted by atomic mass is 9.89. The third-order valence-corrected chi connectivity index (χ3v) is 3.14. The van der Waals surface area contributed by atoms with Gasteiger partial charge in [-0.3, -0.25) is 4.39 Å². The van der Waals surface area contributed by atoms with Crippen molar-refractivity contribution < 1.29 is 18.6 Å². The van der Waals surface area contributed by atoms with Crippen molar-refractivity contribution in [1.82, 2.24) is 0 Å². The minimum absolute atomic E-state index is 0.0322. The number of rotatable bonds is 1. The summed E-state index contributed by atoms with van der Waals surface area (Å²) in [5, 5.41) is 0. The van der Waals surface area contributed by atoms with Crippen molar-refractivity contribution in [2.45, 2.75) is 26.1 Å². The van der Waals surface area contributed by atoms with Gasteiger partial charge in [-0.15, -0.1) is 0 Å². The zero-order valence-electron chi connectivity index (χ0n) is 9.42. The normalized spacial score (nSPS) is 34.2. The molecular formula is C11H19FO3. The summed E-state index contributed by atoms with van der Waals surface area (Å²) in [6.07, 6.45) is 0.637. The van der Waals surface area contributed by atoms with Crippen LogP contribution in [0.2, 0.25) is 0 Å². The van der Waals surface area contributed by atoms with E-state index in [1.807, 2.05) is 0 Å². The number of alkyl halides is 1. The fourth-order valence-corrected chi connectivity index (χ4v) is 2.03. The molecule has 1 unspecified atom stereocenters. The van der Waals surface area contributed by atoms with Crippen molar-refractivity contribution >= 4 is 0 Å². The first-order valence-corrected chi connectivity index (χ1v) is 5.50. The Labute approximate surface area is 89.9 Å². The van der Waals surface area contributed by atoms with Crippen LogP contribution in [0.3, 0.4) is 0 Å². The van der Waals surface area contributed by atoms with E-state index in [1.165, 1.54) is 0 Å². The van der Waals surface area contributed by atoms with Gasteiger partial charge in [-0.1, -0.05) is 13.8 Å². The molecule has 88 valence electrons. The summed E-state index contributed by atoms with van der Waals surface area (Å²) in [4.78, 5) is 0. The van der Waals surface area contributed by atoms with Gasteiger partial charge in [0.25, 0.3) is 0 Å². The molecule has 0 aromatic rings. The van der Waals surface area contributed by atoms with E-state index in [0.717, 1.165) is 0 Å². The van der Waals surface area contributed by atoms with Crippen molar-refractivity contribution in [3.8, 4) is 0 Å². The van der Waals surface area contributed by atoms with E-state index in [-0.39, 0.29) is 11.3 Å². The topological polar surface area (TPSA) is 27.7 Å². The summed E-state index contributed by atoms with van der Waals surface area (Å²) in [7, 11) is 0. The predicted molar refractivity (Wildman–Crippen MR) is 53.3 cm³/mol. The van der Waals surface area contributed by atoms with Crippen LogP contribution in [0.1, 0.15) is 20.3 Å². The SMILES string of the molecule is CC1(C)COC2(CCOCC2CF)OC1. The predicted octanol–water partition coefficient (Wildman–Crippen LogP) is 1.76. The fraction of sp³-hybridized carbons (Fsp3) is 1.00. The molecule has 2 fully saturated rings. The van der Waals surface area contributed by atoms with Crippen LogP contribution in [0.15, 0.2) is 0 Å². The highest BCUT2D eigenvalue weighted by atomic mass is 19.1. The summed E-state index contributed by atoms with van der Waals surface area (Å²) in [5.41, 5.74) is 0.0322. The zero-order chi connectivity index (χ0) is 10.9. The van der Waals surface area contributed by atoms with Gasteiger partial charge in [0, 0.05) is 11.8 Å². The van der Waals surface area contributed by atoms with Gasteiger partial charge in [-0.2, -0.15) is 0 Å². The maximum absolute atomic E-state index is 12.9. The van der Waals surface area contributed by atoms with Crippen LogP contribution in [-0.2, 0) is 14.2 Å². The minimum atomic E-state index is -0.720. The lowest BCUT2D eigenvalue weighted by Gasteiger charge is -2.48. The monoisotopic (exact) mass is 218 g/mol. The fourth-order valence-electron chi connectivity index (χ4n) is 2.03. The molecule has 0 saturated carbocycles. The van der Waals surface area contributed by atoms with E-state index >= 15 is 0 Å². The minimum Gasteiger partial charge on any atom is -0.381 e. The summed E-state index contributed by atoms with van der Waals surface area (Å²) in [5.74, 6) is -0.995. The summed E-state index contributed by atoms with van der Waals surface area (Å²) >= 11 is 0. The first-order chi connectivity index (χ1) is 7.08. The Morgan fingerprint density at radius 3 is 2.53 bits per heavy atom. The molecule has 0 radical (unpaired) electrons. The Kier molecular flexibility index (Phi) is 3.01. The maximum atomic E-state index is 12.9. The molecule has 2 heterocycles. The van der Waals surface area contributed by atoms with Crippen LogP contribution in [0.5, 0.6) is 0 Å². The van der Waals surface area contributed by atoms with Crippen LogP contribution in [0.25, 0.3) is 0 Å². The van der Waals surface area contributed by atoms with Crippen molar-refractivity contribution in [1.29, 1.82) is 0 Å². The molecule has 0 N–H and O–H groups in total. The molecule has 2 saturated heterocycles. The molecule has 15 heavy (non-hydrogen) atoms. The standard InChI is InChI=1S/C11H19FO3/c1-10(2)7-14-11(15-8-10)3-4-13-6-9(11)5-12/h9H,3-8H2,1-2H3. The van der Waals surface area contributed by atoms with Gasteiger partial charge in [0.05, 0.1) is 39.0 Å². The number of hydrogen-bond acceptors (Lipinski definition) is 3. The second kappa shape index (κ2) is 4.00. The van der Waals surface area contributed by atoms with E-state index in [2.05, 4.69) is 13.8 Å². The Bertz CT molecular complexity index is 220. The second-order valence-electron chi connectivity index (χ2n) is 5.23. The number of hydrogen-bond donors (Lipinski definition) is 0. The van der Waals surface area contributed by atoms with Gasteiger partial charge in [-0.05, 0) is 0 Å². The molecule has 4 heteroatoms. The van der Waals surface area contributed by atoms with Crippen molar-refractivity contribution in [2.24, 2.45) is 11.3 Å². The van der Waals surface area contributed by atoms with Crippen LogP contribution in [0, 0.1) is 11.3 Å². The van der Waals surface area contributed by atoms with Crippen LogP contribution in [0.4, 0.5) is 4.39 Å². The molecule has 3 nitrogen and oxygen atoms in total. The molecule has 0 amide bonds. The van der Waals surface area contributed by atoms with Crippen molar-refractivity contribution in [2.75, 3.05) is 33.1 Å². The maximum Gasteiger partial charge on any atom is 0.177 e. The lowest BCUT2D eigenvalue weighted by Crippen LogP contribution is -2.56. The number of halogens is 1. The van der Waals surface area contributed by atoms with Gasteiger partial charge in [0.15, 0.2) is 5.79 Å². The largest absolute Gasteiger partial charge is 0.381 e. The van der Waals surface area contributed by atoms with Gasteiger partial charge in [0.1, 0.15) is 0 Å². The molecule has 0 aromatic heterocycles. The molecule has 1 spiro atoms. The van der Waals surface area contributed by atoms with E-state index in [9.17, 15) is 4.39 Å². The summed E-state index contributed by atoms with van der Waals surface area (Å²) < 4.78 is 29.7. The average Bonchev–Trinajstić information content (AvgIpc) is 2.24. The Balaban J connectivity index is 2.05. The average molecular weight is 218 g/mol. The quantitative estimate of drug-likeness (QED) is 0.671. The highest BCUT2D eigenvalue weighted by molar-refractivity contribution is 4.87. The molecular weight excluding hydrogens is 199 g/mol. The first-order valence-electron chi connectivity index (χ1n) is 5.50. The van der Waals surface area contributed by atoms with Gasteiger partial charge >= 0.3 is 0 Å². The third-order valence-electron chi connectivity index (χ3n) is 3.14. The van der Waals surface area contributed by atoms with E-state index in [0.29, 0.717) is 32.8 Å². The molecule has 2 aliphatic heterocycles. The van der Waals surface area contributed by atoms with Crippen LogP contribution in [-0.4, -0.2) is 38.9 Å². The second-order valence-corrected chi connectivity index (χ2v) is 5.23. The molecule has 0 bridgehead atoms. The zero-order valence-corrected chi connectivity index (χ0v) is 9.42. The number of ether oxygens (including phenoxy) is 3. The summed E-state index contributed by atoms with van der Waals surface area (Å²) in [6.45, 7) is 5.98. The van der Waals surface area contributed by atoms with Crippen LogP contribution >= 0.6 is 0 Å². The Morgan fingerprint density at radius 2 is 1.93 bits per heavy atom. The Hall–Kier alpha value is -0.190. The van der Waals surface area contributed by atoms with Crippen molar-refractivity contribution in [3.63, 3.8) is 0 Å². The highest BCUT2D eigenvalue weighted by Gasteiger charge is 2.48. The first kappa shape index (κ1) is 11.3. The van der Waals surface area contributed by atoms with E-state index in [1.54, 1.807) is 0 Å². The van der Waals surface area contributed by atoms with E-state index in [4.69, 9.17) is 14.2 Å². The molecule has 1 atom stereocenters. The lowest BCUT2D eigenvalue weighted by molar-refractivity contribution is -0.345. The molecule has 0 aromatic carbocycles. The Morgan fingerprint density at radius 1 is 1.27 bits per heavy atom. The molecule has 2 aliphatic rings.